The van der Waals surface area contributed by atoms with Crippen molar-refractivity contribution in [3.8, 4) is 5.75 Å². The number of methoxy groups -OCH3 is 1. The molecule has 1 N–H and O–H groups in total. The van der Waals surface area contributed by atoms with Gasteiger partial charge in [-0.2, -0.15) is 0 Å². The van der Waals surface area contributed by atoms with Crippen LogP contribution in [0.5, 0.6) is 5.75 Å². The SMILES string of the molecule is COC(=O)c1ccc(O[C@@H](C)C(=O)Nc2ccccc2Cl)c([N+](=O)[O-])c1. The van der Waals surface area contributed by atoms with E-state index < -0.39 is 28.6 Å². The van der Waals surface area contributed by atoms with Crippen molar-refractivity contribution in [3.63, 3.8) is 0 Å². The molecule has 2 rings (SSSR count). The summed E-state index contributed by atoms with van der Waals surface area (Å²) in [5, 5.41) is 14.2. The van der Waals surface area contributed by atoms with E-state index in [1.165, 1.54) is 26.2 Å². The van der Waals surface area contributed by atoms with E-state index in [0.29, 0.717) is 10.7 Å². The standard InChI is InChI=1S/C17H15ClN2O6/c1-10(16(21)19-13-6-4-3-5-12(13)18)26-15-8-7-11(17(22)25-2)9-14(15)20(23)24/h3-10H,1-2H3,(H,19,21)/t10-/m0/s1. The van der Waals surface area contributed by atoms with Crippen LogP contribution >= 0.6 is 11.6 Å². The zero-order valence-corrected chi connectivity index (χ0v) is 14.6. The molecule has 0 saturated carbocycles. The van der Waals surface area contributed by atoms with Crippen molar-refractivity contribution in [3.05, 3.63) is 63.2 Å². The number of nitrogens with one attached hydrogen (secondary N) is 1. The maximum absolute atomic E-state index is 12.2. The average Bonchev–Trinajstić information content (AvgIpc) is 2.62. The van der Waals surface area contributed by atoms with E-state index in [2.05, 4.69) is 10.1 Å². The monoisotopic (exact) mass is 378 g/mol. The Balaban J connectivity index is 2.18. The summed E-state index contributed by atoms with van der Waals surface area (Å²) >= 11 is 5.97. The van der Waals surface area contributed by atoms with Crippen molar-refractivity contribution in [2.75, 3.05) is 12.4 Å². The van der Waals surface area contributed by atoms with Crippen LogP contribution in [0.3, 0.4) is 0 Å². The van der Waals surface area contributed by atoms with Gasteiger partial charge in [-0.05, 0) is 31.2 Å². The molecule has 2 aromatic rings. The number of halogens is 1. The van der Waals surface area contributed by atoms with E-state index in [-0.39, 0.29) is 11.3 Å². The molecule has 0 spiro atoms. The number of nitrogens with zero attached hydrogens (tertiary/aromatic N) is 1. The number of anilines is 1. The number of nitro benzene ring substituents is 1. The quantitative estimate of drug-likeness (QED) is 0.468. The lowest BCUT2D eigenvalue weighted by molar-refractivity contribution is -0.386. The molecule has 0 fully saturated rings. The molecule has 0 saturated heterocycles. The minimum Gasteiger partial charge on any atom is -0.474 e. The van der Waals surface area contributed by atoms with Crippen molar-refractivity contribution < 1.29 is 24.0 Å². The van der Waals surface area contributed by atoms with Gasteiger partial charge in [0, 0.05) is 6.07 Å². The van der Waals surface area contributed by atoms with Crippen molar-refractivity contribution in [2.45, 2.75) is 13.0 Å². The van der Waals surface area contributed by atoms with Gasteiger partial charge in [-0.3, -0.25) is 14.9 Å². The lowest BCUT2D eigenvalue weighted by Gasteiger charge is -2.15. The molecule has 26 heavy (non-hydrogen) atoms. The van der Waals surface area contributed by atoms with Crippen molar-refractivity contribution >= 4 is 34.9 Å². The second-order valence-electron chi connectivity index (χ2n) is 5.16. The second-order valence-corrected chi connectivity index (χ2v) is 5.57. The topological polar surface area (TPSA) is 108 Å². The van der Waals surface area contributed by atoms with E-state index in [0.717, 1.165) is 6.07 Å². The fourth-order valence-corrected chi connectivity index (χ4v) is 2.23. The molecule has 2 aromatic carbocycles. The molecule has 0 aliphatic carbocycles. The summed E-state index contributed by atoms with van der Waals surface area (Å²) in [6.45, 7) is 1.43. The van der Waals surface area contributed by atoms with Gasteiger partial charge in [-0.25, -0.2) is 4.79 Å². The Kier molecular flexibility index (Phi) is 6.13. The lowest BCUT2D eigenvalue weighted by Crippen LogP contribution is -2.30. The Bertz CT molecular complexity index is 855. The molecule has 0 unspecified atom stereocenters. The van der Waals surface area contributed by atoms with Crippen LogP contribution in [0.15, 0.2) is 42.5 Å². The number of ether oxygens (including phenoxy) is 2. The minimum atomic E-state index is -1.05. The van der Waals surface area contributed by atoms with Crippen molar-refractivity contribution in [1.82, 2.24) is 0 Å². The molecule has 0 aliphatic heterocycles. The third-order valence-corrected chi connectivity index (χ3v) is 3.71. The number of para-hydroxylation sites is 1. The molecule has 9 heteroatoms. The zero-order valence-electron chi connectivity index (χ0n) is 13.9. The van der Waals surface area contributed by atoms with E-state index in [1.807, 2.05) is 0 Å². The molecule has 0 heterocycles. The number of esters is 1. The summed E-state index contributed by atoms with van der Waals surface area (Å²) in [4.78, 5) is 34.3. The third kappa shape index (κ3) is 4.48. The van der Waals surface area contributed by atoms with E-state index in [4.69, 9.17) is 16.3 Å². The molecule has 1 amide bonds. The largest absolute Gasteiger partial charge is 0.474 e. The normalized spacial score (nSPS) is 11.3. The first-order valence-electron chi connectivity index (χ1n) is 7.42. The van der Waals surface area contributed by atoms with Gasteiger partial charge >= 0.3 is 11.7 Å². The highest BCUT2D eigenvalue weighted by Crippen LogP contribution is 2.29. The van der Waals surface area contributed by atoms with Crippen LogP contribution in [0.25, 0.3) is 0 Å². The number of benzene rings is 2. The molecule has 0 radical (unpaired) electrons. The van der Waals surface area contributed by atoms with Gasteiger partial charge in [0.25, 0.3) is 5.91 Å². The molecule has 1 atom stereocenters. The summed E-state index contributed by atoms with van der Waals surface area (Å²) in [6.07, 6.45) is -1.05. The van der Waals surface area contributed by atoms with Gasteiger partial charge in [-0.1, -0.05) is 23.7 Å². The van der Waals surface area contributed by atoms with Crippen molar-refractivity contribution in [2.24, 2.45) is 0 Å². The molecular formula is C17H15ClN2O6. The number of carbonyl (C=O) groups is 2. The van der Waals surface area contributed by atoms with Crippen molar-refractivity contribution in [1.29, 1.82) is 0 Å². The highest BCUT2D eigenvalue weighted by atomic mass is 35.5. The Morgan fingerprint density at radius 3 is 2.54 bits per heavy atom. The van der Waals surface area contributed by atoms with Gasteiger partial charge in [0.05, 0.1) is 28.3 Å². The molecular weight excluding hydrogens is 364 g/mol. The Morgan fingerprint density at radius 2 is 1.92 bits per heavy atom. The van der Waals surface area contributed by atoms with Gasteiger partial charge in [0.15, 0.2) is 11.9 Å². The molecule has 136 valence electrons. The average molecular weight is 379 g/mol. The summed E-state index contributed by atoms with van der Waals surface area (Å²) in [7, 11) is 1.17. The lowest BCUT2D eigenvalue weighted by atomic mass is 10.2. The summed E-state index contributed by atoms with van der Waals surface area (Å²) in [5.74, 6) is -1.40. The number of carbonyl (C=O) groups excluding carboxylic acids is 2. The maximum Gasteiger partial charge on any atom is 0.338 e. The van der Waals surface area contributed by atoms with Crippen LogP contribution in [-0.2, 0) is 9.53 Å². The first-order valence-corrected chi connectivity index (χ1v) is 7.80. The van der Waals surface area contributed by atoms with E-state index >= 15 is 0 Å². The van der Waals surface area contributed by atoms with Crippen LogP contribution in [0.4, 0.5) is 11.4 Å². The Hall–Kier alpha value is -3.13. The fourth-order valence-electron chi connectivity index (χ4n) is 2.05. The highest BCUT2D eigenvalue weighted by molar-refractivity contribution is 6.33. The number of hydrogen-bond acceptors (Lipinski definition) is 6. The van der Waals surface area contributed by atoms with Crippen LogP contribution in [0, 0.1) is 10.1 Å². The molecule has 8 nitrogen and oxygen atoms in total. The van der Waals surface area contributed by atoms with Gasteiger partial charge < -0.3 is 14.8 Å². The zero-order chi connectivity index (χ0) is 19.3. The van der Waals surface area contributed by atoms with Gasteiger partial charge in [-0.15, -0.1) is 0 Å². The minimum absolute atomic E-state index is 0.000257. The summed E-state index contributed by atoms with van der Waals surface area (Å²) < 4.78 is 9.93. The smallest absolute Gasteiger partial charge is 0.338 e. The van der Waals surface area contributed by atoms with Crippen LogP contribution < -0.4 is 10.1 Å². The third-order valence-electron chi connectivity index (χ3n) is 3.38. The first-order chi connectivity index (χ1) is 12.3. The van der Waals surface area contributed by atoms with Gasteiger partial charge in [0.2, 0.25) is 0 Å². The number of amides is 1. The Morgan fingerprint density at radius 1 is 1.23 bits per heavy atom. The fraction of sp³-hybridized carbons (Fsp3) is 0.176. The molecule has 0 aliphatic rings. The maximum atomic E-state index is 12.2. The van der Waals surface area contributed by atoms with Crippen LogP contribution in [-0.4, -0.2) is 30.0 Å². The number of hydrogen-bond donors (Lipinski definition) is 1. The van der Waals surface area contributed by atoms with Crippen LogP contribution in [0.1, 0.15) is 17.3 Å². The van der Waals surface area contributed by atoms with E-state index in [1.54, 1.807) is 24.3 Å². The van der Waals surface area contributed by atoms with E-state index in [9.17, 15) is 19.7 Å². The predicted octanol–water partition coefficient (Wildman–Crippen LogP) is 3.44. The molecule has 0 aromatic heterocycles. The highest BCUT2D eigenvalue weighted by Gasteiger charge is 2.23. The predicted molar refractivity (Wildman–Crippen MR) is 94.6 cm³/mol. The number of rotatable bonds is 6. The second kappa shape index (κ2) is 8.30. The summed E-state index contributed by atoms with van der Waals surface area (Å²) in [6, 6.07) is 10.2. The van der Waals surface area contributed by atoms with Gasteiger partial charge in [0.1, 0.15) is 0 Å². The Labute approximate surface area is 153 Å². The first kappa shape index (κ1) is 19.2. The van der Waals surface area contributed by atoms with Crippen LogP contribution in [0.2, 0.25) is 5.02 Å². The molecule has 0 bridgehead atoms. The number of nitro groups is 1. The summed E-state index contributed by atoms with van der Waals surface area (Å²) in [5.41, 5.74) is -0.0600.